The molecule has 2 saturated carbocycles. The van der Waals surface area contributed by atoms with Crippen molar-refractivity contribution in [2.24, 2.45) is 11.3 Å². The smallest absolute Gasteiger partial charge is 0.255 e. The number of halogens is 1. The van der Waals surface area contributed by atoms with Gasteiger partial charge >= 0.3 is 0 Å². The van der Waals surface area contributed by atoms with Gasteiger partial charge in [0.2, 0.25) is 5.91 Å². The molecule has 1 aromatic rings. The number of anilines is 1. The number of nitrogens with one attached hydrogen (secondary N) is 1. The summed E-state index contributed by atoms with van der Waals surface area (Å²) in [5.74, 6) is 0.221. The zero-order chi connectivity index (χ0) is 19.6. The van der Waals surface area contributed by atoms with Gasteiger partial charge < -0.3 is 10.2 Å². The molecule has 6 heteroatoms. The second-order valence-electron chi connectivity index (χ2n) is 7.83. The minimum absolute atomic E-state index is 0.00520. The van der Waals surface area contributed by atoms with Crippen LogP contribution in [0.25, 0.3) is 0 Å². The van der Waals surface area contributed by atoms with E-state index in [1.807, 2.05) is 13.8 Å². The van der Waals surface area contributed by atoms with E-state index in [-0.39, 0.29) is 23.1 Å². The molecule has 3 rings (SSSR count). The Bertz CT molecular complexity index is 740. The molecule has 0 saturated heterocycles. The third-order valence-electron chi connectivity index (χ3n) is 6.08. The fourth-order valence-corrected chi connectivity index (χ4v) is 4.58. The Balaban J connectivity index is 1.59. The first kappa shape index (κ1) is 19.9. The highest BCUT2D eigenvalue weighted by Crippen LogP contribution is 2.51. The van der Waals surface area contributed by atoms with E-state index < -0.39 is 0 Å². The SMILES string of the molecule is CCN(CC)C(=O)c1ccc(NC(=O)C2CCC3(CC2)CC(=O)C3)cc1Cl. The minimum Gasteiger partial charge on any atom is -0.339 e. The Kier molecular flexibility index (Phi) is 5.89. The molecule has 0 heterocycles. The third kappa shape index (κ3) is 4.18. The minimum atomic E-state index is -0.101. The highest BCUT2D eigenvalue weighted by Gasteiger charge is 2.46. The summed E-state index contributed by atoms with van der Waals surface area (Å²) >= 11 is 6.30. The maximum absolute atomic E-state index is 12.6. The molecular weight excluding hydrogens is 364 g/mol. The monoisotopic (exact) mass is 390 g/mol. The van der Waals surface area contributed by atoms with Crippen LogP contribution < -0.4 is 5.32 Å². The van der Waals surface area contributed by atoms with Crippen LogP contribution in [0.5, 0.6) is 0 Å². The van der Waals surface area contributed by atoms with E-state index in [0.717, 1.165) is 25.7 Å². The summed E-state index contributed by atoms with van der Waals surface area (Å²) in [5, 5.41) is 3.28. The first-order chi connectivity index (χ1) is 12.9. The van der Waals surface area contributed by atoms with Crippen molar-refractivity contribution in [2.45, 2.75) is 52.4 Å². The van der Waals surface area contributed by atoms with Gasteiger partial charge in [-0.15, -0.1) is 0 Å². The van der Waals surface area contributed by atoms with Crippen LogP contribution in [0.3, 0.4) is 0 Å². The summed E-state index contributed by atoms with van der Waals surface area (Å²) in [7, 11) is 0. The molecule has 0 bridgehead atoms. The predicted octanol–water partition coefficient (Wildman–Crippen LogP) is 4.30. The van der Waals surface area contributed by atoms with Crippen LogP contribution in [-0.2, 0) is 9.59 Å². The van der Waals surface area contributed by atoms with Crippen LogP contribution in [0.15, 0.2) is 18.2 Å². The molecule has 0 aliphatic heterocycles. The average Bonchev–Trinajstić information content (AvgIpc) is 2.62. The van der Waals surface area contributed by atoms with Crippen LogP contribution in [0.2, 0.25) is 5.02 Å². The number of carbonyl (C=O) groups is 3. The van der Waals surface area contributed by atoms with Crippen LogP contribution >= 0.6 is 11.6 Å². The van der Waals surface area contributed by atoms with Crippen molar-refractivity contribution in [3.05, 3.63) is 28.8 Å². The summed E-state index contributed by atoms with van der Waals surface area (Å²) in [6, 6.07) is 5.05. The number of Topliss-reactive ketones (excluding diaryl/α,β-unsaturated/α-hetero) is 1. The number of hydrogen-bond acceptors (Lipinski definition) is 3. The molecule has 2 amide bonds. The first-order valence-electron chi connectivity index (χ1n) is 9.79. The maximum atomic E-state index is 12.6. The number of rotatable bonds is 5. The summed E-state index contributed by atoms with van der Waals surface area (Å²) in [6.07, 6.45) is 4.94. The van der Waals surface area contributed by atoms with Crippen molar-refractivity contribution in [2.75, 3.05) is 18.4 Å². The van der Waals surface area contributed by atoms with E-state index in [0.29, 0.717) is 48.0 Å². The number of ketones is 1. The molecule has 2 aliphatic carbocycles. The summed E-state index contributed by atoms with van der Waals surface area (Å²) in [6.45, 7) is 5.10. The van der Waals surface area contributed by atoms with Gasteiger partial charge in [0.05, 0.1) is 10.6 Å². The Morgan fingerprint density at radius 1 is 1.19 bits per heavy atom. The van der Waals surface area contributed by atoms with E-state index in [1.165, 1.54) is 0 Å². The fourth-order valence-electron chi connectivity index (χ4n) is 4.32. The van der Waals surface area contributed by atoms with Crippen molar-refractivity contribution in [3.8, 4) is 0 Å². The van der Waals surface area contributed by atoms with Gasteiger partial charge in [0.1, 0.15) is 5.78 Å². The normalized spacial score (nSPS) is 18.9. The van der Waals surface area contributed by atoms with E-state index in [2.05, 4.69) is 5.32 Å². The second kappa shape index (κ2) is 8.01. The van der Waals surface area contributed by atoms with Crippen molar-refractivity contribution in [3.63, 3.8) is 0 Å². The van der Waals surface area contributed by atoms with E-state index in [9.17, 15) is 14.4 Å². The van der Waals surface area contributed by atoms with Crippen molar-refractivity contribution < 1.29 is 14.4 Å². The second-order valence-corrected chi connectivity index (χ2v) is 8.24. The largest absolute Gasteiger partial charge is 0.339 e. The maximum Gasteiger partial charge on any atom is 0.255 e. The lowest BCUT2D eigenvalue weighted by molar-refractivity contribution is -0.136. The number of benzene rings is 1. The molecular formula is C21H27ClN2O3. The van der Waals surface area contributed by atoms with Gasteiger partial charge in [-0.3, -0.25) is 14.4 Å². The van der Waals surface area contributed by atoms with Crippen LogP contribution in [0.1, 0.15) is 62.7 Å². The highest BCUT2D eigenvalue weighted by atomic mass is 35.5. The zero-order valence-corrected chi connectivity index (χ0v) is 16.8. The van der Waals surface area contributed by atoms with Gasteiger partial charge in [-0.05, 0) is 63.1 Å². The molecule has 0 radical (unpaired) electrons. The topological polar surface area (TPSA) is 66.5 Å². The summed E-state index contributed by atoms with van der Waals surface area (Å²) in [4.78, 5) is 38.0. The third-order valence-corrected chi connectivity index (χ3v) is 6.39. The van der Waals surface area contributed by atoms with Gasteiger partial charge in [0.15, 0.2) is 0 Å². The van der Waals surface area contributed by atoms with Crippen LogP contribution in [0, 0.1) is 11.3 Å². The summed E-state index contributed by atoms with van der Waals surface area (Å²) in [5.41, 5.74) is 1.25. The zero-order valence-electron chi connectivity index (χ0n) is 16.0. The standard InChI is InChI=1S/C21H27ClN2O3/c1-3-24(4-2)20(27)17-6-5-15(11-18(17)22)23-19(26)14-7-9-21(10-8-14)12-16(25)13-21/h5-6,11,14H,3-4,7-10,12-13H2,1-2H3,(H,23,26). The lowest BCUT2D eigenvalue weighted by atomic mass is 9.58. The van der Waals surface area contributed by atoms with Crippen molar-refractivity contribution in [1.82, 2.24) is 4.90 Å². The number of nitrogens with zero attached hydrogens (tertiary/aromatic N) is 1. The molecule has 1 aromatic carbocycles. The van der Waals surface area contributed by atoms with E-state index >= 15 is 0 Å². The van der Waals surface area contributed by atoms with E-state index in [1.54, 1.807) is 23.1 Å². The lowest BCUT2D eigenvalue weighted by Gasteiger charge is -2.45. The fraction of sp³-hybridized carbons (Fsp3) is 0.571. The Morgan fingerprint density at radius 3 is 2.33 bits per heavy atom. The number of amides is 2. The average molecular weight is 391 g/mol. The van der Waals surface area contributed by atoms with Crippen LogP contribution in [0.4, 0.5) is 5.69 Å². The van der Waals surface area contributed by atoms with E-state index in [4.69, 9.17) is 11.6 Å². The van der Waals surface area contributed by atoms with Gasteiger partial charge in [0.25, 0.3) is 5.91 Å². The van der Waals surface area contributed by atoms with Gasteiger partial charge in [-0.25, -0.2) is 0 Å². The van der Waals surface area contributed by atoms with Crippen molar-refractivity contribution >= 4 is 34.9 Å². The molecule has 2 aliphatic rings. The quantitative estimate of drug-likeness (QED) is 0.815. The molecule has 0 unspecified atom stereocenters. The molecule has 1 N–H and O–H groups in total. The molecule has 5 nitrogen and oxygen atoms in total. The molecule has 146 valence electrons. The lowest BCUT2D eigenvalue weighted by Crippen LogP contribution is -2.42. The summed E-state index contributed by atoms with van der Waals surface area (Å²) < 4.78 is 0. The van der Waals surface area contributed by atoms with Gasteiger partial charge in [0, 0.05) is 37.5 Å². The highest BCUT2D eigenvalue weighted by molar-refractivity contribution is 6.34. The van der Waals surface area contributed by atoms with Crippen molar-refractivity contribution in [1.29, 1.82) is 0 Å². The molecule has 0 aromatic heterocycles. The number of hydrogen-bond donors (Lipinski definition) is 1. The molecule has 0 atom stereocenters. The Hall–Kier alpha value is -1.88. The molecule has 27 heavy (non-hydrogen) atoms. The Morgan fingerprint density at radius 2 is 1.81 bits per heavy atom. The van der Waals surface area contributed by atoms with Crippen LogP contribution in [-0.4, -0.2) is 35.6 Å². The first-order valence-corrected chi connectivity index (χ1v) is 10.2. The molecule has 2 fully saturated rings. The number of carbonyl (C=O) groups excluding carboxylic acids is 3. The molecule has 1 spiro atoms. The van der Waals surface area contributed by atoms with Gasteiger partial charge in [-0.2, -0.15) is 0 Å². The Labute approximate surface area is 165 Å². The predicted molar refractivity (Wildman–Crippen MR) is 106 cm³/mol. The van der Waals surface area contributed by atoms with Gasteiger partial charge in [-0.1, -0.05) is 11.6 Å².